The number of aromatic nitrogens is 1. The molecule has 1 aromatic heterocycles. The van der Waals surface area contributed by atoms with E-state index >= 15 is 0 Å². The summed E-state index contributed by atoms with van der Waals surface area (Å²) in [4.78, 5) is 15.5. The highest BCUT2D eigenvalue weighted by molar-refractivity contribution is 6.06. The third-order valence-corrected chi connectivity index (χ3v) is 2.14. The Kier molecular flexibility index (Phi) is 2.14. The highest BCUT2D eigenvalue weighted by Crippen LogP contribution is 2.16. The predicted molar refractivity (Wildman–Crippen MR) is 55.1 cm³/mol. The lowest BCUT2D eigenvalue weighted by atomic mass is 10.1. The van der Waals surface area contributed by atoms with Crippen molar-refractivity contribution in [3.05, 3.63) is 42.2 Å². The first-order chi connectivity index (χ1) is 6.83. The van der Waals surface area contributed by atoms with E-state index < -0.39 is 0 Å². The van der Waals surface area contributed by atoms with Gasteiger partial charge in [-0.3, -0.25) is 9.78 Å². The summed E-state index contributed by atoms with van der Waals surface area (Å²) < 4.78 is 0. The zero-order valence-corrected chi connectivity index (χ0v) is 7.82. The van der Waals surface area contributed by atoms with Gasteiger partial charge in [0.05, 0.1) is 5.56 Å². The fraction of sp³-hybridized carbons (Fsp3) is 0.0909. The standard InChI is InChI=1S/C11H10N2O/c1-12-11(14)10-7-13-6-8-4-2-3-5-9(8)10/h2-7H,1H3,(H,12,14). The van der Waals surface area contributed by atoms with Gasteiger partial charge in [-0.25, -0.2) is 0 Å². The molecule has 0 atom stereocenters. The highest BCUT2D eigenvalue weighted by atomic mass is 16.1. The lowest BCUT2D eigenvalue weighted by Gasteiger charge is -2.03. The maximum absolute atomic E-state index is 11.5. The number of pyridine rings is 1. The number of nitrogens with one attached hydrogen (secondary N) is 1. The van der Waals surface area contributed by atoms with E-state index in [0.717, 1.165) is 10.8 Å². The van der Waals surface area contributed by atoms with Gasteiger partial charge in [-0.05, 0) is 5.39 Å². The minimum Gasteiger partial charge on any atom is -0.355 e. The van der Waals surface area contributed by atoms with Crippen LogP contribution in [0.5, 0.6) is 0 Å². The van der Waals surface area contributed by atoms with Crippen molar-refractivity contribution >= 4 is 16.7 Å². The van der Waals surface area contributed by atoms with Crippen LogP contribution in [0, 0.1) is 0 Å². The van der Waals surface area contributed by atoms with Crippen LogP contribution in [0.1, 0.15) is 10.4 Å². The molecule has 1 N–H and O–H groups in total. The van der Waals surface area contributed by atoms with Crippen LogP contribution in [-0.4, -0.2) is 17.9 Å². The molecule has 0 fully saturated rings. The van der Waals surface area contributed by atoms with E-state index in [1.807, 2.05) is 24.3 Å². The third kappa shape index (κ3) is 1.33. The fourth-order valence-electron chi connectivity index (χ4n) is 1.43. The second kappa shape index (κ2) is 3.46. The van der Waals surface area contributed by atoms with Crippen molar-refractivity contribution in [3.8, 4) is 0 Å². The van der Waals surface area contributed by atoms with Crippen molar-refractivity contribution < 1.29 is 4.79 Å². The van der Waals surface area contributed by atoms with E-state index in [0.29, 0.717) is 5.56 Å². The summed E-state index contributed by atoms with van der Waals surface area (Å²) in [6, 6.07) is 7.70. The Hall–Kier alpha value is -1.90. The van der Waals surface area contributed by atoms with Crippen molar-refractivity contribution in [2.45, 2.75) is 0 Å². The first-order valence-electron chi connectivity index (χ1n) is 4.38. The molecule has 0 saturated heterocycles. The number of amides is 1. The van der Waals surface area contributed by atoms with Crippen LogP contribution in [0.3, 0.4) is 0 Å². The number of hydrogen-bond acceptors (Lipinski definition) is 2. The van der Waals surface area contributed by atoms with Crippen molar-refractivity contribution in [1.29, 1.82) is 0 Å². The molecular formula is C11H10N2O. The number of carbonyl (C=O) groups excluding carboxylic acids is 1. The van der Waals surface area contributed by atoms with Crippen LogP contribution < -0.4 is 5.32 Å². The SMILES string of the molecule is CNC(=O)c1cncc2ccccc12. The van der Waals surface area contributed by atoms with Crippen LogP contribution in [0.2, 0.25) is 0 Å². The number of fused-ring (bicyclic) bond motifs is 1. The molecule has 1 heterocycles. The minimum atomic E-state index is -0.103. The first-order valence-corrected chi connectivity index (χ1v) is 4.38. The maximum Gasteiger partial charge on any atom is 0.253 e. The molecule has 0 aliphatic carbocycles. The van der Waals surface area contributed by atoms with E-state index in [9.17, 15) is 4.79 Å². The van der Waals surface area contributed by atoms with Crippen molar-refractivity contribution in [1.82, 2.24) is 10.3 Å². The number of carbonyl (C=O) groups is 1. The summed E-state index contributed by atoms with van der Waals surface area (Å²) in [6.45, 7) is 0. The largest absolute Gasteiger partial charge is 0.355 e. The molecule has 1 aromatic carbocycles. The van der Waals surface area contributed by atoms with Gasteiger partial charge in [0.1, 0.15) is 0 Å². The highest BCUT2D eigenvalue weighted by Gasteiger charge is 2.07. The molecule has 0 radical (unpaired) electrons. The van der Waals surface area contributed by atoms with E-state index in [1.54, 1.807) is 19.4 Å². The molecule has 3 heteroatoms. The van der Waals surface area contributed by atoms with E-state index in [1.165, 1.54) is 0 Å². The van der Waals surface area contributed by atoms with Gasteiger partial charge < -0.3 is 5.32 Å². The second-order valence-electron chi connectivity index (χ2n) is 2.99. The second-order valence-corrected chi connectivity index (χ2v) is 2.99. The van der Waals surface area contributed by atoms with Gasteiger partial charge in [0, 0.05) is 24.8 Å². The summed E-state index contributed by atoms with van der Waals surface area (Å²) in [7, 11) is 1.62. The number of nitrogens with zero attached hydrogens (tertiary/aromatic N) is 1. The molecule has 0 aliphatic heterocycles. The first kappa shape index (κ1) is 8.69. The Morgan fingerprint density at radius 1 is 1.29 bits per heavy atom. The summed E-state index contributed by atoms with van der Waals surface area (Å²) >= 11 is 0. The number of rotatable bonds is 1. The monoisotopic (exact) mass is 186 g/mol. The normalized spacial score (nSPS) is 10.1. The van der Waals surface area contributed by atoms with Gasteiger partial charge in [-0.2, -0.15) is 0 Å². The summed E-state index contributed by atoms with van der Waals surface area (Å²) in [5.74, 6) is -0.103. The van der Waals surface area contributed by atoms with Crippen molar-refractivity contribution in [2.75, 3.05) is 7.05 Å². The average molecular weight is 186 g/mol. The number of benzene rings is 1. The Bertz CT molecular complexity index is 474. The van der Waals surface area contributed by atoms with Crippen LogP contribution in [0.15, 0.2) is 36.7 Å². The lowest BCUT2D eigenvalue weighted by Crippen LogP contribution is -2.18. The van der Waals surface area contributed by atoms with Gasteiger partial charge in [-0.15, -0.1) is 0 Å². The van der Waals surface area contributed by atoms with Gasteiger partial charge >= 0.3 is 0 Å². The fourth-order valence-corrected chi connectivity index (χ4v) is 1.43. The Morgan fingerprint density at radius 2 is 2.07 bits per heavy atom. The van der Waals surface area contributed by atoms with E-state index in [2.05, 4.69) is 10.3 Å². The molecule has 2 aromatic rings. The Labute approximate surface area is 81.8 Å². The number of hydrogen-bond donors (Lipinski definition) is 1. The van der Waals surface area contributed by atoms with Gasteiger partial charge in [0.15, 0.2) is 0 Å². The predicted octanol–water partition coefficient (Wildman–Crippen LogP) is 1.59. The van der Waals surface area contributed by atoms with E-state index in [-0.39, 0.29) is 5.91 Å². The van der Waals surface area contributed by atoms with Gasteiger partial charge in [0.25, 0.3) is 5.91 Å². The molecule has 0 bridgehead atoms. The average Bonchev–Trinajstić information content (AvgIpc) is 2.27. The molecule has 3 nitrogen and oxygen atoms in total. The van der Waals surface area contributed by atoms with Crippen LogP contribution >= 0.6 is 0 Å². The van der Waals surface area contributed by atoms with E-state index in [4.69, 9.17) is 0 Å². The molecule has 0 spiro atoms. The summed E-state index contributed by atoms with van der Waals surface area (Å²) in [5, 5.41) is 4.51. The molecule has 0 unspecified atom stereocenters. The lowest BCUT2D eigenvalue weighted by molar-refractivity contribution is 0.0964. The molecule has 70 valence electrons. The maximum atomic E-state index is 11.5. The molecule has 2 rings (SSSR count). The molecular weight excluding hydrogens is 176 g/mol. The topological polar surface area (TPSA) is 42.0 Å². The zero-order valence-electron chi connectivity index (χ0n) is 7.82. The Morgan fingerprint density at radius 3 is 2.86 bits per heavy atom. The quantitative estimate of drug-likeness (QED) is 0.734. The zero-order chi connectivity index (χ0) is 9.97. The van der Waals surface area contributed by atoms with Gasteiger partial charge in [0.2, 0.25) is 0 Å². The van der Waals surface area contributed by atoms with Crippen LogP contribution in [0.25, 0.3) is 10.8 Å². The summed E-state index contributed by atoms with van der Waals surface area (Å²) in [6.07, 6.45) is 3.34. The van der Waals surface area contributed by atoms with Crippen LogP contribution in [0.4, 0.5) is 0 Å². The van der Waals surface area contributed by atoms with Gasteiger partial charge in [-0.1, -0.05) is 24.3 Å². The third-order valence-electron chi connectivity index (χ3n) is 2.14. The minimum absolute atomic E-state index is 0.103. The Balaban J connectivity index is 2.71. The molecule has 0 saturated carbocycles. The van der Waals surface area contributed by atoms with Crippen molar-refractivity contribution in [2.24, 2.45) is 0 Å². The van der Waals surface area contributed by atoms with Crippen LogP contribution in [-0.2, 0) is 0 Å². The summed E-state index contributed by atoms with van der Waals surface area (Å²) in [5.41, 5.74) is 0.616. The molecule has 1 amide bonds. The molecule has 0 aliphatic rings. The molecule has 14 heavy (non-hydrogen) atoms. The smallest absolute Gasteiger partial charge is 0.253 e. The van der Waals surface area contributed by atoms with Crippen molar-refractivity contribution in [3.63, 3.8) is 0 Å².